The van der Waals surface area contributed by atoms with Crippen molar-refractivity contribution >= 4 is 11.0 Å². The van der Waals surface area contributed by atoms with Crippen LogP contribution in [0.5, 0.6) is 0 Å². The molecular weight excluding hydrogens is 344 g/mol. The molecule has 0 spiro atoms. The van der Waals surface area contributed by atoms with Gasteiger partial charge in [0.05, 0.1) is 25.4 Å². The highest BCUT2D eigenvalue weighted by Gasteiger charge is 2.28. The Morgan fingerprint density at radius 2 is 1.93 bits per heavy atom. The molecule has 1 fully saturated rings. The Balaban J connectivity index is 1.79. The van der Waals surface area contributed by atoms with Crippen LogP contribution in [0.25, 0.3) is 11.0 Å². The first-order valence-corrected chi connectivity index (χ1v) is 9.18. The van der Waals surface area contributed by atoms with E-state index in [-0.39, 0.29) is 18.2 Å². The van der Waals surface area contributed by atoms with E-state index in [0.29, 0.717) is 23.4 Å². The topological polar surface area (TPSA) is 90.3 Å². The fraction of sp³-hybridized carbons (Fsp3) is 0.421. The van der Waals surface area contributed by atoms with Crippen LogP contribution in [0.15, 0.2) is 41.3 Å². The summed E-state index contributed by atoms with van der Waals surface area (Å²) in [6.45, 7) is 3.81. The van der Waals surface area contributed by atoms with Gasteiger partial charge in [-0.2, -0.15) is 5.10 Å². The lowest BCUT2D eigenvalue weighted by Gasteiger charge is -2.37. The van der Waals surface area contributed by atoms with Crippen LogP contribution in [0.1, 0.15) is 17.4 Å². The molecule has 142 valence electrons. The maximum atomic E-state index is 13.1. The quantitative estimate of drug-likeness (QED) is 0.680. The number of hydrogen-bond acceptors (Lipinski definition) is 6. The number of rotatable bonds is 5. The lowest BCUT2D eigenvalue weighted by atomic mass is 10.1. The van der Waals surface area contributed by atoms with Gasteiger partial charge in [-0.3, -0.25) is 19.4 Å². The molecule has 8 nitrogen and oxygen atoms in total. The Morgan fingerprint density at radius 3 is 2.63 bits per heavy atom. The third-order valence-electron chi connectivity index (χ3n) is 5.23. The number of likely N-dealkylation sites (N-methyl/N-ethyl adjacent to an activating group) is 1. The van der Waals surface area contributed by atoms with Crippen molar-refractivity contribution in [3.8, 4) is 0 Å². The van der Waals surface area contributed by atoms with E-state index in [1.807, 2.05) is 30.3 Å². The van der Waals surface area contributed by atoms with Crippen molar-refractivity contribution in [2.24, 2.45) is 0 Å². The first-order chi connectivity index (χ1) is 13.2. The Bertz CT molecular complexity index is 959. The Hall–Kier alpha value is -2.55. The maximum Gasteiger partial charge on any atom is 0.265 e. The molecule has 0 saturated carbocycles. The van der Waals surface area contributed by atoms with Gasteiger partial charge in [0.25, 0.3) is 5.56 Å². The highest BCUT2D eigenvalue weighted by atomic mass is 16.3. The molecule has 2 aromatic heterocycles. The van der Waals surface area contributed by atoms with Crippen molar-refractivity contribution < 1.29 is 5.11 Å². The predicted molar refractivity (Wildman–Crippen MR) is 103 cm³/mol. The molecule has 0 radical (unpaired) electrons. The van der Waals surface area contributed by atoms with E-state index in [1.54, 1.807) is 4.57 Å². The molecule has 0 bridgehead atoms. The highest BCUT2D eigenvalue weighted by Crippen LogP contribution is 2.21. The summed E-state index contributed by atoms with van der Waals surface area (Å²) in [6, 6.07) is 9.50. The molecule has 2 N–H and O–H groups in total. The summed E-state index contributed by atoms with van der Waals surface area (Å²) in [6.07, 6.45) is 1.51. The van der Waals surface area contributed by atoms with Crippen LogP contribution in [0.3, 0.4) is 0 Å². The summed E-state index contributed by atoms with van der Waals surface area (Å²) < 4.78 is 1.67. The van der Waals surface area contributed by atoms with Gasteiger partial charge in [0.2, 0.25) is 0 Å². The average molecular weight is 368 g/mol. The van der Waals surface area contributed by atoms with Crippen LogP contribution in [0, 0.1) is 0 Å². The van der Waals surface area contributed by atoms with E-state index in [4.69, 9.17) is 0 Å². The fourth-order valence-electron chi connectivity index (χ4n) is 3.61. The molecule has 8 heteroatoms. The van der Waals surface area contributed by atoms with Gasteiger partial charge >= 0.3 is 0 Å². The normalized spacial score (nSPS) is 17.4. The summed E-state index contributed by atoms with van der Waals surface area (Å²) in [4.78, 5) is 22.3. The number of hydrogen-bond donors (Lipinski definition) is 2. The monoisotopic (exact) mass is 368 g/mol. The van der Waals surface area contributed by atoms with Crippen molar-refractivity contribution in [3.05, 3.63) is 58.3 Å². The SMILES string of the molecule is CN1CCN(C(CO)c2nc3[nH]ncc3c(=O)n2Cc2ccccc2)CC1. The highest BCUT2D eigenvalue weighted by molar-refractivity contribution is 5.72. The third kappa shape index (κ3) is 3.51. The molecule has 3 aromatic rings. The number of H-pyrrole nitrogens is 1. The number of aromatic amines is 1. The Kier molecular flexibility index (Phi) is 5.02. The first kappa shape index (κ1) is 17.8. The predicted octanol–water partition coefficient (Wildman–Crippen LogP) is 0.449. The van der Waals surface area contributed by atoms with Crippen LogP contribution in [0.2, 0.25) is 0 Å². The standard InChI is InChI=1S/C19H24N6O2/c1-23-7-9-24(10-8-23)16(13-26)18-21-17-15(11-20-22-17)19(27)25(18)12-14-5-3-2-4-6-14/h2-6,11,16,26H,7-10,12-13H2,1H3,(H,20,22). The first-order valence-electron chi connectivity index (χ1n) is 9.18. The number of fused-ring (bicyclic) bond motifs is 1. The average Bonchev–Trinajstić information content (AvgIpc) is 3.16. The minimum Gasteiger partial charge on any atom is -0.394 e. The molecule has 0 amide bonds. The van der Waals surface area contributed by atoms with Crippen LogP contribution in [-0.2, 0) is 6.54 Å². The van der Waals surface area contributed by atoms with E-state index in [2.05, 4.69) is 32.0 Å². The number of piperazine rings is 1. The lowest BCUT2D eigenvalue weighted by Crippen LogP contribution is -2.48. The molecule has 1 aliphatic rings. The second-order valence-corrected chi connectivity index (χ2v) is 7.02. The molecule has 0 aliphatic carbocycles. The van der Waals surface area contributed by atoms with Crippen molar-refractivity contribution in [1.29, 1.82) is 0 Å². The molecule has 1 saturated heterocycles. The van der Waals surface area contributed by atoms with Gasteiger partial charge in [0.15, 0.2) is 5.65 Å². The summed E-state index contributed by atoms with van der Waals surface area (Å²) in [5, 5.41) is 17.4. The zero-order valence-corrected chi connectivity index (χ0v) is 15.4. The molecular formula is C19H24N6O2. The van der Waals surface area contributed by atoms with Crippen molar-refractivity contribution in [1.82, 2.24) is 29.5 Å². The smallest absolute Gasteiger partial charge is 0.265 e. The minimum absolute atomic E-state index is 0.0927. The number of aromatic nitrogens is 4. The molecule has 27 heavy (non-hydrogen) atoms. The van der Waals surface area contributed by atoms with Crippen LogP contribution in [0.4, 0.5) is 0 Å². The number of nitrogens with zero attached hydrogens (tertiary/aromatic N) is 5. The number of benzene rings is 1. The summed E-state index contributed by atoms with van der Waals surface area (Å²) >= 11 is 0. The summed E-state index contributed by atoms with van der Waals surface area (Å²) in [5.74, 6) is 0.577. The Morgan fingerprint density at radius 1 is 1.19 bits per heavy atom. The van der Waals surface area contributed by atoms with Gasteiger partial charge in [0, 0.05) is 26.2 Å². The van der Waals surface area contributed by atoms with Gasteiger partial charge in [-0.25, -0.2) is 4.98 Å². The van der Waals surface area contributed by atoms with Gasteiger partial charge in [-0.15, -0.1) is 0 Å². The minimum atomic E-state index is -0.331. The van der Waals surface area contributed by atoms with Crippen molar-refractivity contribution in [2.45, 2.75) is 12.6 Å². The fourth-order valence-corrected chi connectivity index (χ4v) is 3.61. The Labute approximate surface area is 157 Å². The summed E-state index contributed by atoms with van der Waals surface area (Å²) in [5.41, 5.74) is 1.34. The largest absolute Gasteiger partial charge is 0.394 e. The summed E-state index contributed by atoms with van der Waals surface area (Å²) in [7, 11) is 2.09. The molecule has 4 rings (SSSR count). The third-order valence-corrected chi connectivity index (χ3v) is 5.23. The molecule has 1 aromatic carbocycles. The number of aliphatic hydroxyl groups excluding tert-OH is 1. The second-order valence-electron chi connectivity index (χ2n) is 7.02. The van der Waals surface area contributed by atoms with E-state index in [1.165, 1.54) is 6.20 Å². The molecule has 3 heterocycles. The lowest BCUT2D eigenvalue weighted by molar-refractivity contribution is 0.0682. The van der Waals surface area contributed by atoms with E-state index < -0.39 is 0 Å². The van der Waals surface area contributed by atoms with Crippen LogP contribution < -0.4 is 5.56 Å². The number of nitrogens with one attached hydrogen (secondary N) is 1. The van der Waals surface area contributed by atoms with Gasteiger partial charge in [0.1, 0.15) is 11.2 Å². The van der Waals surface area contributed by atoms with Crippen LogP contribution in [-0.4, -0.2) is 74.5 Å². The van der Waals surface area contributed by atoms with E-state index >= 15 is 0 Å². The molecule has 1 unspecified atom stereocenters. The van der Waals surface area contributed by atoms with Crippen LogP contribution >= 0.6 is 0 Å². The number of aliphatic hydroxyl groups is 1. The maximum absolute atomic E-state index is 13.1. The second kappa shape index (κ2) is 7.59. The zero-order valence-electron chi connectivity index (χ0n) is 15.4. The van der Waals surface area contributed by atoms with Gasteiger partial charge in [-0.1, -0.05) is 30.3 Å². The zero-order chi connectivity index (χ0) is 18.8. The van der Waals surface area contributed by atoms with E-state index in [9.17, 15) is 9.90 Å². The van der Waals surface area contributed by atoms with Gasteiger partial charge < -0.3 is 10.0 Å². The van der Waals surface area contributed by atoms with Crippen molar-refractivity contribution in [3.63, 3.8) is 0 Å². The molecule has 1 aliphatic heterocycles. The van der Waals surface area contributed by atoms with Crippen molar-refractivity contribution in [2.75, 3.05) is 39.8 Å². The van der Waals surface area contributed by atoms with Gasteiger partial charge in [-0.05, 0) is 12.6 Å². The molecule has 1 atom stereocenters. The van der Waals surface area contributed by atoms with E-state index in [0.717, 1.165) is 31.7 Å².